The molecule has 2 aromatic carbocycles. The van der Waals surface area contributed by atoms with Crippen molar-refractivity contribution < 1.29 is 9.18 Å². The molecule has 3 aromatic rings. The number of anilines is 2. The summed E-state index contributed by atoms with van der Waals surface area (Å²) in [5.74, 6) is -0.425. The first-order valence-electron chi connectivity index (χ1n) is 8.84. The fraction of sp³-hybridized carbons (Fsp3) is 0.182. The van der Waals surface area contributed by atoms with Gasteiger partial charge < -0.3 is 10.6 Å². The Balaban J connectivity index is 1.62. The van der Waals surface area contributed by atoms with E-state index in [1.54, 1.807) is 24.4 Å². The Morgan fingerprint density at radius 3 is 2.67 bits per heavy atom. The number of aryl methyl sites for hydroxylation is 2. The Morgan fingerprint density at radius 2 is 1.89 bits per heavy atom. The molecule has 0 aliphatic heterocycles. The number of nitrogens with one attached hydrogen (secondary N) is 2. The van der Waals surface area contributed by atoms with E-state index in [-0.39, 0.29) is 11.7 Å². The first-order valence-corrected chi connectivity index (χ1v) is 8.84. The van der Waals surface area contributed by atoms with Gasteiger partial charge in [0.1, 0.15) is 5.82 Å². The zero-order valence-electron chi connectivity index (χ0n) is 15.4. The Bertz CT molecular complexity index is 956. The van der Waals surface area contributed by atoms with Crippen LogP contribution in [0.5, 0.6) is 0 Å². The van der Waals surface area contributed by atoms with Crippen LogP contribution in [-0.4, -0.2) is 17.4 Å². The van der Waals surface area contributed by atoms with Crippen molar-refractivity contribution >= 4 is 17.3 Å². The van der Waals surface area contributed by atoms with E-state index in [4.69, 9.17) is 0 Å². The van der Waals surface area contributed by atoms with Crippen molar-refractivity contribution in [2.45, 2.75) is 20.3 Å². The van der Waals surface area contributed by atoms with Crippen LogP contribution < -0.4 is 10.6 Å². The summed E-state index contributed by atoms with van der Waals surface area (Å²) in [6.07, 6.45) is 3.72. The van der Waals surface area contributed by atoms with Gasteiger partial charge in [-0.25, -0.2) is 4.39 Å². The molecule has 0 fully saturated rings. The molecule has 0 saturated carbocycles. The number of amides is 1. The summed E-state index contributed by atoms with van der Waals surface area (Å²) < 4.78 is 13.7. The van der Waals surface area contributed by atoms with Gasteiger partial charge in [-0.1, -0.05) is 35.9 Å². The minimum atomic E-state index is -0.216. The highest BCUT2D eigenvalue weighted by Crippen LogP contribution is 2.18. The highest BCUT2D eigenvalue weighted by atomic mass is 19.1. The molecule has 3 rings (SSSR count). The lowest BCUT2D eigenvalue weighted by atomic mass is 10.1. The van der Waals surface area contributed by atoms with Gasteiger partial charge in [0.25, 0.3) is 5.91 Å². The summed E-state index contributed by atoms with van der Waals surface area (Å²) >= 11 is 0. The largest absolute Gasteiger partial charge is 0.383 e. The van der Waals surface area contributed by atoms with Crippen molar-refractivity contribution in [2.24, 2.45) is 0 Å². The number of carbonyl (C=O) groups is 1. The number of carbonyl (C=O) groups excluding carboxylic acids is 1. The van der Waals surface area contributed by atoms with E-state index in [9.17, 15) is 9.18 Å². The van der Waals surface area contributed by atoms with Gasteiger partial charge in [-0.15, -0.1) is 0 Å². The van der Waals surface area contributed by atoms with Crippen molar-refractivity contribution in [3.05, 3.63) is 89.0 Å². The second-order valence-electron chi connectivity index (χ2n) is 6.50. The Morgan fingerprint density at radius 1 is 1.07 bits per heavy atom. The summed E-state index contributed by atoms with van der Waals surface area (Å²) in [6.45, 7) is 4.52. The fourth-order valence-corrected chi connectivity index (χ4v) is 2.85. The molecule has 0 bridgehead atoms. The smallest absolute Gasteiger partial charge is 0.257 e. The van der Waals surface area contributed by atoms with Gasteiger partial charge in [-0.3, -0.25) is 9.78 Å². The van der Waals surface area contributed by atoms with Crippen molar-refractivity contribution in [3.8, 4) is 0 Å². The van der Waals surface area contributed by atoms with Crippen LogP contribution in [0.2, 0.25) is 0 Å². The van der Waals surface area contributed by atoms with Crippen molar-refractivity contribution in [3.63, 3.8) is 0 Å². The Hall–Kier alpha value is -3.21. The standard InChI is InChI=1S/C22H22FN3O/c1-15-7-8-21(16(2)11-15)26-22(27)18-12-19(14-24-13-18)25-10-9-17-5-3-4-6-20(17)23/h3-8,11-14,25H,9-10H2,1-2H3,(H,26,27). The summed E-state index contributed by atoms with van der Waals surface area (Å²) in [6, 6.07) is 14.3. The van der Waals surface area contributed by atoms with Gasteiger partial charge >= 0.3 is 0 Å². The first kappa shape index (κ1) is 18.6. The molecule has 0 spiro atoms. The number of pyridine rings is 1. The minimum absolute atomic E-state index is 0.209. The van der Waals surface area contributed by atoms with Crippen LogP contribution in [0.15, 0.2) is 60.9 Å². The third-order valence-electron chi connectivity index (χ3n) is 4.31. The quantitative estimate of drug-likeness (QED) is 0.665. The van der Waals surface area contributed by atoms with Gasteiger partial charge in [-0.05, 0) is 49.6 Å². The second kappa shape index (κ2) is 8.45. The van der Waals surface area contributed by atoms with Gasteiger partial charge in [0.2, 0.25) is 0 Å². The zero-order valence-corrected chi connectivity index (χ0v) is 15.4. The van der Waals surface area contributed by atoms with Gasteiger partial charge in [0, 0.05) is 24.6 Å². The molecule has 1 amide bonds. The molecule has 1 heterocycles. The number of halogens is 1. The van der Waals surface area contributed by atoms with E-state index < -0.39 is 0 Å². The third-order valence-corrected chi connectivity index (χ3v) is 4.31. The number of rotatable bonds is 6. The minimum Gasteiger partial charge on any atom is -0.383 e. The van der Waals surface area contributed by atoms with Crippen LogP contribution in [0.3, 0.4) is 0 Å². The van der Waals surface area contributed by atoms with E-state index in [2.05, 4.69) is 15.6 Å². The molecule has 0 radical (unpaired) electrons. The molecule has 138 valence electrons. The fourth-order valence-electron chi connectivity index (χ4n) is 2.85. The zero-order chi connectivity index (χ0) is 19.2. The second-order valence-corrected chi connectivity index (χ2v) is 6.50. The van der Waals surface area contributed by atoms with Gasteiger partial charge in [0.05, 0.1) is 11.3 Å². The molecule has 2 N–H and O–H groups in total. The van der Waals surface area contributed by atoms with Crippen molar-refractivity contribution in [2.75, 3.05) is 17.2 Å². The Kier molecular flexibility index (Phi) is 5.81. The van der Waals surface area contributed by atoms with E-state index in [1.807, 2.05) is 38.1 Å². The lowest BCUT2D eigenvalue weighted by molar-refractivity contribution is 0.102. The maximum absolute atomic E-state index is 13.7. The van der Waals surface area contributed by atoms with Crippen molar-refractivity contribution in [1.29, 1.82) is 0 Å². The molecule has 4 nitrogen and oxygen atoms in total. The average molecular weight is 363 g/mol. The van der Waals surface area contributed by atoms with Crippen LogP contribution >= 0.6 is 0 Å². The molecule has 27 heavy (non-hydrogen) atoms. The summed E-state index contributed by atoms with van der Waals surface area (Å²) in [5.41, 5.74) is 4.78. The molecule has 0 unspecified atom stereocenters. The molecular formula is C22H22FN3O. The maximum atomic E-state index is 13.7. The van der Waals surface area contributed by atoms with E-state index in [1.165, 1.54) is 12.3 Å². The van der Waals surface area contributed by atoms with E-state index >= 15 is 0 Å². The lowest BCUT2D eigenvalue weighted by Gasteiger charge is -2.11. The molecule has 5 heteroatoms. The van der Waals surface area contributed by atoms with Crippen LogP contribution in [0.4, 0.5) is 15.8 Å². The normalized spacial score (nSPS) is 10.5. The van der Waals surface area contributed by atoms with Crippen LogP contribution in [0.25, 0.3) is 0 Å². The molecule has 1 aromatic heterocycles. The van der Waals surface area contributed by atoms with Gasteiger partial charge in [-0.2, -0.15) is 0 Å². The van der Waals surface area contributed by atoms with Gasteiger partial charge in [0.15, 0.2) is 0 Å². The predicted molar refractivity (Wildman–Crippen MR) is 107 cm³/mol. The van der Waals surface area contributed by atoms with E-state index in [0.717, 1.165) is 22.5 Å². The lowest BCUT2D eigenvalue weighted by Crippen LogP contribution is -2.14. The SMILES string of the molecule is Cc1ccc(NC(=O)c2cncc(NCCc3ccccc3F)c2)c(C)c1. The van der Waals surface area contributed by atoms with Crippen LogP contribution in [-0.2, 0) is 6.42 Å². The summed E-state index contributed by atoms with van der Waals surface area (Å²) in [4.78, 5) is 16.6. The number of aromatic nitrogens is 1. The molecule has 0 saturated heterocycles. The van der Waals surface area contributed by atoms with E-state index in [0.29, 0.717) is 24.1 Å². The first-order chi connectivity index (χ1) is 13.0. The molecular weight excluding hydrogens is 341 g/mol. The molecule has 0 aliphatic carbocycles. The predicted octanol–water partition coefficient (Wildman–Crippen LogP) is 4.74. The third kappa shape index (κ3) is 4.91. The van der Waals surface area contributed by atoms with Crippen LogP contribution in [0.1, 0.15) is 27.0 Å². The number of hydrogen-bond acceptors (Lipinski definition) is 3. The number of nitrogens with zero attached hydrogens (tertiary/aromatic N) is 1. The Labute approximate surface area is 158 Å². The number of benzene rings is 2. The van der Waals surface area contributed by atoms with Crippen LogP contribution in [0, 0.1) is 19.7 Å². The maximum Gasteiger partial charge on any atom is 0.257 e. The number of hydrogen-bond donors (Lipinski definition) is 2. The highest BCUT2D eigenvalue weighted by Gasteiger charge is 2.09. The molecule has 0 atom stereocenters. The van der Waals surface area contributed by atoms with Crippen molar-refractivity contribution in [1.82, 2.24) is 4.98 Å². The highest BCUT2D eigenvalue weighted by molar-refractivity contribution is 6.04. The monoisotopic (exact) mass is 363 g/mol. The average Bonchev–Trinajstić information content (AvgIpc) is 2.66. The topological polar surface area (TPSA) is 54.0 Å². The summed E-state index contributed by atoms with van der Waals surface area (Å²) in [5, 5.41) is 6.10. The molecule has 0 aliphatic rings. The summed E-state index contributed by atoms with van der Waals surface area (Å²) in [7, 11) is 0.